The van der Waals surface area contributed by atoms with Crippen LogP contribution in [-0.4, -0.2) is 7.11 Å². The Balaban J connectivity index is 0.00000144. The van der Waals surface area contributed by atoms with Crippen LogP contribution in [-0.2, 0) is 6.42 Å². The first-order valence-electron chi connectivity index (χ1n) is 3.89. The summed E-state index contributed by atoms with van der Waals surface area (Å²) in [6, 6.07) is 7.88. The molecule has 2 heteroatoms. The van der Waals surface area contributed by atoms with Gasteiger partial charge in [0.2, 0.25) is 0 Å². The van der Waals surface area contributed by atoms with E-state index >= 15 is 0 Å². The van der Waals surface area contributed by atoms with Gasteiger partial charge in [-0.2, -0.15) is 0 Å². The Bertz CT molecular complexity index is 288. The number of methoxy groups -OCH3 is 1. The quantitative estimate of drug-likeness (QED) is 0.325. The third-order valence-electron chi connectivity index (χ3n) is 1.67. The predicted octanol–water partition coefficient (Wildman–Crippen LogP) is -0.778. The monoisotopic (exact) mass is 166 g/mol. The first-order chi connectivity index (χ1) is 5.86. The Morgan fingerprint density at radius 2 is 2.23 bits per heavy atom. The van der Waals surface area contributed by atoms with Gasteiger partial charge in [0.25, 0.3) is 0 Å². The fourth-order valence-electron chi connectivity index (χ4n) is 1.03. The minimum atomic E-state index is 0. The molecule has 0 radical (unpaired) electrons. The molecule has 0 saturated heterocycles. The molecule has 0 aliphatic heterocycles. The summed E-state index contributed by atoms with van der Waals surface area (Å²) in [5, 5.41) is 0. The molecule has 0 aliphatic rings. The summed E-state index contributed by atoms with van der Waals surface area (Å²) in [6.07, 6.45) is 8.30. The van der Waals surface area contributed by atoms with E-state index in [9.17, 15) is 0 Å². The van der Waals surface area contributed by atoms with E-state index in [1.165, 1.54) is 5.56 Å². The summed E-state index contributed by atoms with van der Waals surface area (Å²) >= 11 is 0. The van der Waals surface area contributed by atoms with Crippen LogP contribution in [0.3, 0.4) is 0 Å². The normalized spacial score (nSPS) is 8.31. The van der Waals surface area contributed by atoms with Crippen molar-refractivity contribution in [2.75, 3.05) is 7.11 Å². The molecular weight excluding hydrogens is 155 g/mol. The van der Waals surface area contributed by atoms with Gasteiger partial charge in [-0.25, -0.2) is 0 Å². The molecule has 0 spiro atoms. The second-order valence-electron chi connectivity index (χ2n) is 2.53. The van der Waals surface area contributed by atoms with E-state index in [2.05, 4.69) is 5.92 Å². The first kappa shape index (κ1) is 12.2. The zero-order chi connectivity index (χ0) is 8.81. The Hall–Kier alpha value is -0.823. The Morgan fingerprint density at radius 3 is 2.85 bits per heavy atom. The molecule has 1 nitrogen and oxygen atoms in total. The summed E-state index contributed by atoms with van der Waals surface area (Å²) in [7, 11) is 1.65. The number of rotatable bonds is 3. The van der Waals surface area contributed by atoms with Gasteiger partial charge in [-0.3, -0.25) is 0 Å². The van der Waals surface area contributed by atoms with Crippen LogP contribution in [0.5, 0.6) is 5.75 Å². The Morgan fingerprint density at radius 1 is 1.46 bits per heavy atom. The van der Waals surface area contributed by atoms with Crippen LogP contribution in [0, 0.1) is 12.3 Å². The number of benzene rings is 1. The van der Waals surface area contributed by atoms with Crippen LogP contribution in [0.2, 0.25) is 0 Å². The van der Waals surface area contributed by atoms with E-state index in [4.69, 9.17) is 11.2 Å². The molecule has 0 bridgehead atoms. The van der Waals surface area contributed by atoms with Crippen molar-refractivity contribution in [3.05, 3.63) is 36.3 Å². The zero-order valence-electron chi connectivity index (χ0n) is 8.13. The van der Waals surface area contributed by atoms with E-state index in [-0.39, 0.29) is 18.9 Å². The molecule has 13 heavy (non-hydrogen) atoms. The summed E-state index contributed by atoms with van der Waals surface area (Å²) in [5.41, 5.74) is 1.19. The Kier molecular flexibility index (Phi) is 6.25. The maximum Gasteiger partial charge on any atom is 1.00 e. The van der Waals surface area contributed by atoms with Gasteiger partial charge in [0.15, 0.2) is 0 Å². The molecule has 0 N–H and O–H groups in total. The molecule has 0 aliphatic carbocycles. The fourth-order valence-corrected chi connectivity index (χ4v) is 1.03. The van der Waals surface area contributed by atoms with Crippen molar-refractivity contribution in [3.63, 3.8) is 0 Å². The van der Waals surface area contributed by atoms with Gasteiger partial charge in [0.05, 0.1) is 7.11 Å². The molecule has 1 aromatic rings. The van der Waals surface area contributed by atoms with Gasteiger partial charge < -0.3 is 17.1 Å². The van der Waals surface area contributed by atoms with Crippen LogP contribution >= 0.6 is 0 Å². The van der Waals surface area contributed by atoms with E-state index in [0.29, 0.717) is 6.42 Å². The number of hydrogen-bond acceptors (Lipinski definition) is 1. The molecule has 1 aromatic carbocycles. The molecule has 0 unspecified atom stereocenters. The second-order valence-corrected chi connectivity index (χ2v) is 2.53. The zero-order valence-corrected chi connectivity index (χ0v) is 8.13. The third-order valence-corrected chi connectivity index (χ3v) is 1.67. The van der Waals surface area contributed by atoms with Crippen molar-refractivity contribution < 1.29 is 23.6 Å². The second kappa shape index (κ2) is 6.67. The van der Waals surface area contributed by atoms with Crippen molar-refractivity contribution in [1.82, 2.24) is 0 Å². The van der Waals surface area contributed by atoms with Gasteiger partial charge in [-0.15, -0.1) is 0 Å². The summed E-state index contributed by atoms with van der Waals surface area (Å²) in [5.74, 6) is 3.24. The maximum absolute atomic E-state index is 6.77. The van der Waals surface area contributed by atoms with Gasteiger partial charge in [-0.05, 0) is 30.5 Å². The average Bonchev–Trinajstić information content (AvgIpc) is 2.15. The SMILES string of the molecule is [C-]#CCCc1cccc(OC)c1.[Li+]. The molecule has 0 heterocycles. The van der Waals surface area contributed by atoms with Crippen LogP contribution in [0.4, 0.5) is 0 Å². The smallest absolute Gasteiger partial charge is 0.694 e. The number of aryl methyl sites for hydroxylation is 1. The minimum Gasteiger partial charge on any atom is -0.694 e. The molecule has 0 amide bonds. The minimum absolute atomic E-state index is 0. The summed E-state index contributed by atoms with van der Waals surface area (Å²) in [4.78, 5) is 0. The topological polar surface area (TPSA) is 9.23 Å². The van der Waals surface area contributed by atoms with Gasteiger partial charge in [-0.1, -0.05) is 12.1 Å². The van der Waals surface area contributed by atoms with E-state index in [1.807, 2.05) is 24.3 Å². The van der Waals surface area contributed by atoms with E-state index < -0.39 is 0 Å². The number of hydrogen-bond donors (Lipinski definition) is 0. The van der Waals surface area contributed by atoms with Crippen LogP contribution in [0.1, 0.15) is 12.0 Å². The van der Waals surface area contributed by atoms with Gasteiger partial charge >= 0.3 is 18.9 Å². The number of ether oxygens (including phenoxy) is 1. The third kappa shape index (κ3) is 4.09. The standard InChI is InChI=1S/C11H11O.Li/c1-3-4-6-10-7-5-8-11(9-10)12-2;/h5,7-9H,4,6H2,2H3;/q-1;+1. The fraction of sp³-hybridized carbons (Fsp3) is 0.273. The molecule has 1 rings (SSSR count). The van der Waals surface area contributed by atoms with Crippen molar-refractivity contribution in [3.8, 4) is 11.7 Å². The molecule has 0 atom stereocenters. The van der Waals surface area contributed by atoms with Crippen molar-refractivity contribution in [2.24, 2.45) is 0 Å². The Labute approximate surface area is 91.7 Å². The van der Waals surface area contributed by atoms with Crippen molar-refractivity contribution in [1.29, 1.82) is 0 Å². The van der Waals surface area contributed by atoms with Crippen LogP contribution < -0.4 is 23.6 Å². The van der Waals surface area contributed by atoms with Crippen molar-refractivity contribution in [2.45, 2.75) is 12.8 Å². The molecule has 0 aromatic heterocycles. The summed E-state index contributed by atoms with van der Waals surface area (Å²) < 4.78 is 5.07. The predicted molar refractivity (Wildman–Crippen MR) is 48.4 cm³/mol. The average molecular weight is 166 g/mol. The van der Waals surface area contributed by atoms with Gasteiger partial charge in [0.1, 0.15) is 5.75 Å². The molecule has 0 fully saturated rings. The first-order valence-corrected chi connectivity index (χ1v) is 3.89. The molecular formula is C11H11LiO. The van der Waals surface area contributed by atoms with Crippen LogP contribution in [0.25, 0.3) is 0 Å². The summed E-state index contributed by atoms with van der Waals surface area (Å²) in [6.45, 7) is 0. The maximum atomic E-state index is 6.77. The van der Waals surface area contributed by atoms with Gasteiger partial charge in [0, 0.05) is 0 Å². The van der Waals surface area contributed by atoms with Crippen molar-refractivity contribution >= 4 is 0 Å². The van der Waals surface area contributed by atoms with Crippen LogP contribution in [0.15, 0.2) is 24.3 Å². The largest absolute Gasteiger partial charge is 1.00 e. The van der Waals surface area contributed by atoms with E-state index in [0.717, 1.165) is 12.2 Å². The molecule has 62 valence electrons. The molecule has 0 saturated carbocycles. The van der Waals surface area contributed by atoms with E-state index in [1.54, 1.807) is 7.11 Å².